The van der Waals surface area contributed by atoms with E-state index in [0.29, 0.717) is 4.90 Å². The molecule has 0 amide bonds. The first-order valence-corrected chi connectivity index (χ1v) is 8.00. The largest absolute Gasteiger partial charge is 0.516 e. The van der Waals surface area contributed by atoms with Crippen LogP contribution in [0.5, 0.6) is 0 Å². The van der Waals surface area contributed by atoms with Crippen LogP contribution in [0.4, 0.5) is 18.9 Å². The van der Waals surface area contributed by atoms with E-state index in [0.717, 1.165) is 4.90 Å². The molecule has 0 aliphatic rings. The minimum absolute atomic E-state index is 0.131. The normalized spacial score (nSPS) is 12.1. The van der Waals surface area contributed by atoms with Gasteiger partial charge in [-0.05, 0) is 30.3 Å². The number of halogens is 3. The summed E-state index contributed by atoms with van der Waals surface area (Å²) in [6.45, 7) is 0. The van der Waals surface area contributed by atoms with Crippen LogP contribution in [0.2, 0.25) is 0 Å². The first kappa shape index (κ1) is 15.7. The third kappa shape index (κ3) is 4.15. The summed E-state index contributed by atoms with van der Waals surface area (Å²) in [6.07, 6.45) is 0. The summed E-state index contributed by atoms with van der Waals surface area (Å²) in [6, 6.07) is 15.0. The molecule has 3 nitrogen and oxygen atoms in total. The molecule has 21 heavy (non-hydrogen) atoms. The van der Waals surface area contributed by atoms with E-state index in [-0.39, 0.29) is 5.69 Å². The summed E-state index contributed by atoms with van der Waals surface area (Å²) in [5.74, 6) is 0. The van der Waals surface area contributed by atoms with Crippen molar-refractivity contribution in [3.05, 3.63) is 54.6 Å². The van der Waals surface area contributed by atoms with Crippen LogP contribution in [0.25, 0.3) is 0 Å². The van der Waals surface area contributed by atoms with E-state index in [9.17, 15) is 21.6 Å². The molecule has 0 unspecified atom stereocenters. The van der Waals surface area contributed by atoms with Crippen molar-refractivity contribution in [2.24, 2.45) is 0 Å². The van der Waals surface area contributed by atoms with Crippen molar-refractivity contribution in [2.45, 2.75) is 15.3 Å². The summed E-state index contributed by atoms with van der Waals surface area (Å²) < 4.78 is 60.5. The highest BCUT2D eigenvalue weighted by atomic mass is 32.2. The fraction of sp³-hybridized carbons (Fsp3) is 0.0769. The van der Waals surface area contributed by atoms with Crippen molar-refractivity contribution >= 4 is 27.5 Å². The molecule has 0 atom stereocenters. The number of benzene rings is 2. The second kappa shape index (κ2) is 5.98. The lowest BCUT2D eigenvalue weighted by Gasteiger charge is -2.11. The fourth-order valence-corrected chi connectivity index (χ4v) is 2.91. The van der Waals surface area contributed by atoms with Gasteiger partial charge in [0, 0.05) is 15.5 Å². The van der Waals surface area contributed by atoms with Crippen molar-refractivity contribution in [3.8, 4) is 0 Å². The van der Waals surface area contributed by atoms with Gasteiger partial charge in [-0.15, -0.1) is 0 Å². The molecule has 0 aliphatic carbocycles. The predicted octanol–water partition coefficient (Wildman–Crippen LogP) is 4.10. The maximum atomic E-state index is 12.3. The quantitative estimate of drug-likeness (QED) is 0.916. The summed E-state index contributed by atoms with van der Waals surface area (Å²) in [4.78, 5) is 1.52. The van der Waals surface area contributed by atoms with Gasteiger partial charge in [0.15, 0.2) is 0 Å². The van der Waals surface area contributed by atoms with E-state index in [2.05, 4.69) is 0 Å². The lowest BCUT2D eigenvalue weighted by atomic mass is 10.3. The third-order valence-electron chi connectivity index (χ3n) is 2.37. The highest BCUT2D eigenvalue weighted by Crippen LogP contribution is 2.31. The molecule has 0 saturated heterocycles. The van der Waals surface area contributed by atoms with Gasteiger partial charge in [-0.3, -0.25) is 4.72 Å². The molecule has 0 aliphatic heterocycles. The Bertz CT molecular complexity index is 716. The molecule has 8 heteroatoms. The van der Waals surface area contributed by atoms with Gasteiger partial charge < -0.3 is 0 Å². The smallest absolute Gasteiger partial charge is 0.276 e. The van der Waals surface area contributed by atoms with Crippen LogP contribution in [0, 0.1) is 0 Å². The van der Waals surface area contributed by atoms with Crippen LogP contribution in [0.15, 0.2) is 64.4 Å². The average molecular weight is 333 g/mol. The number of hydrogen-bond donors (Lipinski definition) is 1. The van der Waals surface area contributed by atoms with Gasteiger partial charge in [0.1, 0.15) is 0 Å². The molecule has 0 saturated carbocycles. The van der Waals surface area contributed by atoms with Crippen molar-refractivity contribution in [3.63, 3.8) is 0 Å². The van der Waals surface area contributed by atoms with E-state index in [1.807, 2.05) is 30.3 Å². The minimum atomic E-state index is -5.40. The van der Waals surface area contributed by atoms with Crippen LogP contribution < -0.4 is 4.72 Å². The molecule has 0 heterocycles. The van der Waals surface area contributed by atoms with Crippen molar-refractivity contribution < 1.29 is 21.6 Å². The molecule has 0 spiro atoms. The van der Waals surface area contributed by atoms with Crippen molar-refractivity contribution in [1.82, 2.24) is 0 Å². The molecule has 1 N–H and O–H groups in total. The maximum absolute atomic E-state index is 12.3. The Morgan fingerprint density at radius 1 is 0.905 bits per heavy atom. The number of nitrogens with one attached hydrogen (secondary N) is 1. The first-order valence-electron chi connectivity index (χ1n) is 5.70. The van der Waals surface area contributed by atoms with Gasteiger partial charge in [-0.2, -0.15) is 21.6 Å². The highest BCUT2D eigenvalue weighted by Gasteiger charge is 2.46. The Kier molecular flexibility index (Phi) is 4.48. The maximum Gasteiger partial charge on any atom is 0.516 e. The molecule has 2 aromatic rings. The molecule has 112 valence electrons. The van der Waals surface area contributed by atoms with Crippen LogP contribution in [-0.2, 0) is 10.0 Å². The number of hydrogen-bond acceptors (Lipinski definition) is 3. The number of anilines is 1. The van der Waals surface area contributed by atoms with Crippen LogP contribution in [0.1, 0.15) is 0 Å². The van der Waals surface area contributed by atoms with Crippen molar-refractivity contribution in [2.75, 3.05) is 4.72 Å². The van der Waals surface area contributed by atoms with E-state index in [4.69, 9.17) is 0 Å². The molecule has 0 fully saturated rings. The summed E-state index contributed by atoms with van der Waals surface area (Å²) in [5, 5.41) is 0. The molecular formula is C13H10F3NO2S2. The van der Waals surface area contributed by atoms with Gasteiger partial charge in [0.2, 0.25) is 0 Å². The van der Waals surface area contributed by atoms with Gasteiger partial charge >= 0.3 is 15.5 Å². The second-order valence-corrected chi connectivity index (χ2v) is 6.82. The molecule has 0 radical (unpaired) electrons. The Morgan fingerprint density at radius 3 is 2.14 bits per heavy atom. The van der Waals surface area contributed by atoms with Gasteiger partial charge in [0.25, 0.3) is 0 Å². The van der Waals surface area contributed by atoms with Crippen LogP contribution in [-0.4, -0.2) is 13.9 Å². The molecule has 0 bridgehead atoms. The van der Waals surface area contributed by atoms with Gasteiger partial charge in [-0.25, -0.2) is 0 Å². The monoisotopic (exact) mass is 333 g/mol. The highest BCUT2D eigenvalue weighted by molar-refractivity contribution is 7.99. The Hall–Kier alpha value is -1.67. The SMILES string of the molecule is O=S(=O)(Nc1cccc(Sc2ccccc2)c1)C(F)(F)F. The molecule has 0 aromatic heterocycles. The second-order valence-electron chi connectivity index (χ2n) is 3.99. The summed E-state index contributed by atoms with van der Waals surface area (Å²) in [7, 11) is -5.40. The predicted molar refractivity (Wildman–Crippen MR) is 75.6 cm³/mol. The van der Waals surface area contributed by atoms with Crippen LogP contribution in [0.3, 0.4) is 0 Å². The van der Waals surface area contributed by atoms with Gasteiger partial charge in [-0.1, -0.05) is 36.0 Å². The lowest BCUT2D eigenvalue weighted by Crippen LogP contribution is -2.29. The number of alkyl halides is 3. The van der Waals surface area contributed by atoms with Crippen molar-refractivity contribution in [1.29, 1.82) is 0 Å². The fourth-order valence-electron chi connectivity index (χ4n) is 1.46. The lowest BCUT2D eigenvalue weighted by molar-refractivity contribution is -0.0429. The zero-order chi connectivity index (χ0) is 15.5. The first-order chi connectivity index (χ1) is 9.78. The topological polar surface area (TPSA) is 46.2 Å². The third-order valence-corrected chi connectivity index (χ3v) is 4.48. The number of rotatable bonds is 4. The van der Waals surface area contributed by atoms with E-state index in [1.54, 1.807) is 6.07 Å². The van der Waals surface area contributed by atoms with Crippen LogP contribution >= 0.6 is 11.8 Å². The molecular weight excluding hydrogens is 323 g/mol. The van der Waals surface area contributed by atoms with E-state index in [1.165, 1.54) is 34.7 Å². The van der Waals surface area contributed by atoms with E-state index >= 15 is 0 Å². The standard InChI is InChI=1S/C13H10F3NO2S2/c14-13(15,16)21(18,19)17-10-5-4-8-12(9-10)20-11-6-2-1-3-7-11/h1-9,17H. The zero-order valence-electron chi connectivity index (χ0n) is 10.5. The minimum Gasteiger partial charge on any atom is -0.276 e. The Labute approximate surface area is 124 Å². The zero-order valence-corrected chi connectivity index (χ0v) is 12.1. The summed E-state index contributed by atoms with van der Waals surface area (Å²) >= 11 is 1.32. The average Bonchev–Trinajstić information content (AvgIpc) is 2.38. The summed E-state index contributed by atoms with van der Waals surface area (Å²) in [5.41, 5.74) is -5.47. The Morgan fingerprint density at radius 2 is 1.52 bits per heavy atom. The molecule has 2 rings (SSSR count). The number of sulfonamides is 1. The Balaban J connectivity index is 2.19. The van der Waals surface area contributed by atoms with E-state index < -0.39 is 15.5 Å². The molecule has 2 aromatic carbocycles. The van der Waals surface area contributed by atoms with Gasteiger partial charge in [0.05, 0.1) is 0 Å².